The molecule has 1 aliphatic rings. The topological polar surface area (TPSA) is 86.9 Å². The molecule has 0 aliphatic carbocycles. The Hall–Kier alpha value is -2.90. The molecule has 1 fully saturated rings. The first-order valence-electron chi connectivity index (χ1n) is 8.69. The van der Waals surface area contributed by atoms with Crippen molar-refractivity contribution < 1.29 is 9.53 Å². The van der Waals surface area contributed by atoms with Crippen LogP contribution in [0.4, 0.5) is 0 Å². The fourth-order valence-electron chi connectivity index (χ4n) is 3.32. The Morgan fingerprint density at radius 2 is 2.19 bits per heavy atom. The number of fused-ring (bicyclic) bond motifs is 1. The average molecular weight is 354 g/mol. The van der Waals surface area contributed by atoms with Gasteiger partial charge in [-0.15, -0.1) is 0 Å². The quantitative estimate of drug-likeness (QED) is 0.769. The fourth-order valence-corrected chi connectivity index (χ4v) is 3.32. The van der Waals surface area contributed by atoms with Gasteiger partial charge in [-0.05, 0) is 19.9 Å². The summed E-state index contributed by atoms with van der Waals surface area (Å²) in [5.74, 6) is 0.755. The van der Waals surface area contributed by atoms with E-state index in [0.717, 1.165) is 27.9 Å². The zero-order valence-electron chi connectivity index (χ0n) is 15.4. The third-order valence-corrected chi connectivity index (χ3v) is 5.06. The standard InChI is InChI=1S/C18H22N6O2/c1-10-13(8-20-24(10)4)15-6-16-14(9-23(3)22-16)18(21-15)26-11(2)12-5-17(25)19-7-12/h6,8-9,11-12H,5,7H2,1-4H3,(H,19,25)/t11?,12-/m1/s1. The largest absolute Gasteiger partial charge is 0.474 e. The van der Waals surface area contributed by atoms with Crippen LogP contribution in [0.25, 0.3) is 22.2 Å². The van der Waals surface area contributed by atoms with Gasteiger partial charge in [0.25, 0.3) is 0 Å². The lowest BCUT2D eigenvalue weighted by Crippen LogP contribution is -2.26. The first kappa shape index (κ1) is 16.6. The van der Waals surface area contributed by atoms with Crippen LogP contribution in [0.2, 0.25) is 0 Å². The maximum absolute atomic E-state index is 11.5. The fraction of sp³-hybridized carbons (Fsp3) is 0.444. The van der Waals surface area contributed by atoms with Crippen LogP contribution in [0.15, 0.2) is 18.5 Å². The summed E-state index contributed by atoms with van der Waals surface area (Å²) in [6, 6.07) is 1.96. The van der Waals surface area contributed by atoms with Gasteiger partial charge < -0.3 is 10.1 Å². The van der Waals surface area contributed by atoms with Crippen molar-refractivity contribution in [3.8, 4) is 17.1 Å². The molecule has 3 aromatic rings. The van der Waals surface area contributed by atoms with E-state index in [4.69, 9.17) is 9.72 Å². The van der Waals surface area contributed by atoms with Crippen molar-refractivity contribution in [1.29, 1.82) is 0 Å². The molecule has 3 aromatic heterocycles. The number of hydrogen-bond donors (Lipinski definition) is 1. The van der Waals surface area contributed by atoms with E-state index in [1.807, 2.05) is 44.9 Å². The van der Waals surface area contributed by atoms with Crippen LogP contribution in [0.3, 0.4) is 0 Å². The Kier molecular flexibility index (Phi) is 3.90. The Bertz CT molecular complexity index is 989. The summed E-state index contributed by atoms with van der Waals surface area (Å²) in [6.07, 6.45) is 4.07. The van der Waals surface area contributed by atoms with E-state index in [1.54, 1.807) is 10.9 Å². The summed E-state index contributed by atoms with van der Waals surface area (Å²) in [6.45, 7) is 4.63. The normalized spacial score (nSPS) is 18.3. The molecule has 4 heterocycles. The highest BCUT2D eigenvalue weighted by Gasteiger charge is 2.29. The zero-order chi connectivity index (χ0) is 18.4. The Morgan fingerprint density at radius 3 is 2.85 bits per heavy atom. The monoisotopic (exact) mass is 354 g/mol. The molecule has 8 heteroatoms. The number of ether oxygens (including phenoxy) is 1. The summed E-state index contributed by atoms with van der Waals surface area (Å²) in [4.78, 5) is 16.3. The molecule has 0 saturated carbocycles. The first-order chi connectivity index (χ1) is 12.4. The molecule has 1 amide bonds. The second-order valence-electron chi connectivity index (χ2n) is 6.91. The van der Waals surface area contributed by atoms with Gasteiger partial charge in [0, 0.05) is 50.4 Å². The van der Waals surface area contributed by atoms with Crippen LogP contribution < -0.4 is 10.1 Å². The molecule has 1 aliphatic heterocycles. The SMILES string of the molecule is Cc1c(-c2cc3nn(C)cc3c(OC(C)[C@H]3CNC(=O)C3)n2)cnn1C. The van der Waals surface area contributed by atoms with E-state index in [0.29, 0.717) is 18.8 Å². The third kappa shape index (κ3) is 2.81. The molecule has 1 saturated heterocycles. The van der Waals surface area contributed by atoms with E-state index in [1.165, 1.54) is 0 Å². The predicted octanol–water partition coefficient (Wildman–Crippen LogP) is 1.58. The number of aromatic nitrogens is 5. The highest BCUT2D eigenvalue weighted by Crippen LogP contribution is 2.31. The van der Waals surface area contributed by atoms with Crippen LogP contribution in [0, 0.1) is 12.8 Å². The minimum Gasteiger partial charge on any atom is -0.474 e. The molecule has 136 valence electrons. The lowest BCUT2D eigenvalue weighted by Gasteiger charge is -2.19. The van der Waals surface area contributed by atoms with Gasteiger partial charge in [0.05, 0.1) is 22.8 Å². The maximum atomic E-state index is 11.5. The lowest BCUT2D eigenvalue weighted by atomic mass is 10.0. The van der Waals surface area contributed by atoms with Gasteiger partial charge in [0.15, 0.2) is 0 Å². The number of pyridine rings is 1. The summed E-state index contributed by atoms with van der Waals surface area (Å²) < 4.78 is 9.77. The smallest absolute Gasteiger partial charge is 0.225 e. The van der Waals surface area contributed by atoms with Crippen LogP contribution >= 0.6 is 0 Å². The molecule has 8 nitrogen and oxygen atoms in total. The lowest BCUT2D eigenvalue weighted by molar-refractivity contribution is -0.119. The first-order valence-corrected chi connectivity index (χ1v) is 8.69. The number of nitrogens with zero attached hydrogens (tertiary/aromatic N) is 5. The minimum atomic E-state index is -0.130. The summed E-state index contributed by atoms with van der Waals surface area (Å²) in [7, 11) is 3.78. The van der Waals surface area contributed by atoms with Crippen molar-refractivity contribution >= 4 is 16.8 Å². The van der Waals surface area contributed by atoms with Gasteiger partial charge in [0.2, 0.25) is 11.8 Å². The molecule has 4 rings (SSSR count). The van der Waals surface area contributed by atoms with Crippen molar-refractivity contribution in [3.05, 3.63) is 24.2 Å². The van der Waals surface area contributed by atoms with E-state index in [-0.39, 0.29) is 17.9 Å². The van der Waals surface area contributed by atoms with Gasteiger partial charge >= 0.3 is 0 Å². The van der Waals surface area contributed by atoms with Crippen molar-refractivity contribution in [2.75, 3.05) is 6.54 Å². The molecule has 0 radical (unpaired) electrons. The highest BCUT2D eigenvalue weighted by molar-refractivity contribution is 5.87. The van der Waals surface area contributed by atoms with Crippen molar-refractivity contribution in [3.63, 3.8) is 0 Å². The Morgan fingerprint density at radius 1 is 1.38 bits per heavy atom. The van der Waals surface area contributed by atoms with Crippen molar-refractivity contribution in [2.45, 2.75) is 26.4 Å². The van der Waals surface area contributed by atoms with Crippen molar-refractivity contribution in [1.82, 2.24) is 29.9 Å². The van der Waals surface area contributed by atoms with Gasteiger partial charge in [0.1, 0.15) is 6.10 Å². The number of carbonyl (C=O) groups excluding carboxylic acids is 1. The van der Waals surface area contributed by atoms with E-state index >= 15 is 0 Å². The Labute approximate surface area is 151 Å². The number of nitrogens with one attached hydrogen (secondary N) is 1. The van der Waals surface area contributed by atoms with E-state index < -0.39 is 0 Å². The molecular formula is C18H22N6O2. The maximum Gasteiger partial charge on any atom is 0.225 e. The van der Waals surface area contributed by atoms with Gasteiger partial charge in [-0.3, -0.25) is 14.2 Å². The molecule has 26 heavy (non-hydrogen) atoms. The van der Waals surface area contributed by atoms with Gasteiger partial charge in [-0.2, -0.15) is 10.2 Å². The second-order valence-corrected chi connectivity index (χ2v) is 6.91. The van der Waals surface area contributed by atoms with E-state index in [2.05, 4.69) is 15.5 Å². The molecule has 1 N–H and O–H groups in total. The zero-order valence-corrected chi connectivity index (χ0v) is 15.4. The highest BCUT2D eigenvalue weighted by atomic mass is 16.5. The number of rotatable bonds is 4. The van der Waals surface area contributed by atoms with Crippen LogP contribution in [-0.2, 0) is 18.9 Å². The van der Waals surface area contributed by atoms with Crippen LogP contribution in [-0.4, -0.2) is 43.1 Å². The number of aryl methyl sites for hydroxylation is 2. The van der Waals surface area contributed by atoms with Crippen LogP contribution in [0.1, 0.15) is 19.0 Å². The molecular weight excluding hydrogens is 332 g/mol. The van der Waals surface area contributed by atoms with Gasteiger partial charge in [-0.25, -0.2) is 4.98 Å². The summed E-state index contributed by atoms with van der Waals surface area (Å²) >= 11 is 0. The number of hydrogen-bond acceptors (Lipinski definition) is 5. The molecule has 0 spiro atoms. The number of amides is 1. The van der Waals surface area contributed by atoms with Crippen molar-refractivity contribution in [2.24, 2.45) is 20.0 Å². The van der Waals surface area contributed by atoms with E-state index in [9.17, 15) is 4.79 Å². The molecule has 0 aromatic carbocycles. The summed E-state index contributed by atoms with van der Waals surface area (Å²) in [5, 5.41) is 12.5. The predicted molar refractivity (Wildman–Crippen MR) is 96.7 cm³/mol. The molecule has 1 unspecified atom stereocenters. The third-order valence-electron chi connectivity index (χ3n) is 5.06. The second kappa shape index (κ2) is 6.12. The number of carbonyl (C=O) groups is 1. The Balaban J connectivity index is 1.75. The van der Waals surface area contributed by atoms with Gasteiger partial charge in [-0.1, -0.05) is 0 Å². The minimum absolute atomic E-state index is 0.0738. The molecule has 2 atom stereocenters. The molecule has 0 bridgehead atoms. The van der Waals surface area contributed by atoms with Crippen LogP contribution in [0.5, 0.6) is 5.88 Å². The summed E-state index contributed by atoms with van der Waals surface area (Å²) in [5.41, 5.74) is 3.58. The average Bonchev–Trinajstić information content (AvgIpc) is 3.27.